The van der Waals surface area contributed by atoms with E-state index in [-0.39, 0.29) is 11.8 Å². The Labute approximate surface area is 204 Å². The average molecular weight is 466 g/mol. The molecule has 2 fully saturated rings. The van der Waals surface area contributed by atoms with E-state index in [1.165, 1.54) is 0 Å². The van der Waals surface area contributed by atoms with Crippen molar-refractivity contribution in [1.82, 2.24) is 24.6 Å². The molecule has 176 valence electrons. The van der Waals surface area contributed by atoms with Crippen LogP contribution >= 0.6 is 0 Å². The van der Waals surface area contributed by atoms with Gasteiger partial charge in [0, 0.05) is 48.9 Å². The molecule has 2 aliphatic rings. The zero-order valence-electron chi connectivity index (χ0n) is 19.7. The number of aromatic nitrogens is 3. The Morgan fingerprint density at radius 3 is 2.23 bits per heavy atom. The molecule has 2 amide bonds. The Hall–Kier alpha value is -4.00. The van der Waals surface area contributed by atoms with Gasteiger partial charge in [-0.05, 0) is 43.5 Å². The van der Waals surface area contributed by atoms with Gasteiger partial charge in [-0.15, -0.1) is 0 Å². The molecule has 0 bridgehead atoms. The van der Waals surface area contributed by atoms with Gasteiger partial charge in [0.2, 0.25) is 0 Å². The molecule has 2 aromatic carbocycles. The molecule has 7 heteroatoms. The molecule has 0 atom stereocenters. The van der Waals surface area contributed by atoms with Crippen molar-refractivity contribution in [2.24, 2.45) is 0 Å². The maximum atomic E-state index is 13.3. The molecule has 3 heterocycles. The first kappa shape index (κ1) is 21.5. The molecular formula is C28H27N5O2. The number of rotatable bonds is 4. The molecule has 0 radical (unpaired) electrons. The summed E-state index contributed by atoms with van der Waals surface area (Å²) in [6, 6.07) is 18.4. The highest BCUT2D eigenvalue weighted by atomic mass is 16.2. The molecule has 1 aliphatic heterocycles. The van der Waals surface area contributed by atoms with E-state index in [1.807, 2.05) is 69.2 Å². The van der Waals surface area contributed by atoms with Crippen LogP contribution in [-0.2, 0) is 0 Å². The summed E-state index contributed by atoms with van der Waals surface area (Å²) in [5, 5.41) is 5.38. The minimum Gasteiger partial charge on any atom is -0.335 e. The molecule has 0 spiro atoms. The Morgan fingerprint density at radius 1 is 0.857 bits per heavy atom. The van der Waals surface area contributed by atoms with Gasteiger partial charge in [0.15, 0.2) is 0 Å². The second kappa shape index (κ2) is 8.65. The largest absolute Gasteiger partial charge is 0.335 e. The summed E-state index contributed by atoms with van der Waals surface area (Å²) in [7, 11) is 0. The molecule has 1 aliphatic carbocycles. The third-order valence-corrected chi connectivity index (χ3v) is 6.96. The topological polar surface area (TPSA) is 71.3 Å². The van der Waals surface area contributed by atoms with Crippen LogP contribution in [0.25, 0.3) is 22.2 Å². The highest BCUT2D eigenvalue weighted by Crippen LogP contribution is 2.34. The summed E-state index contributed by atoms with van der Waals surface area (Å²) in [5.41, 5.74) is 5.15. The first-order valence-electron chi connectivity index (χ1n) is 12.2. The molecule has 4 aromatic rings. The second-order valence-electron chi connectivity index (χ2n) is 9.45. The van der Waals surface area contributed by atoms with Crippen molar-refractivity contribution in [3.8, 4) is 11.3 Å². The van der Waals surface area contributed by atoms with Crippen LogP contribution < -0.4 is 0 Å². The molecular weight excluding hydrogens is 438 g/mol. The molecule has 7 nitrogen and oxygen atoms in total. The molecule has 1 saturated carbocycles. The van der Waals surface area contributed by atoms with Gasteiger partial charge in [-0.2, -0.15) is 5.10 Å². The minimum absolute atomic E-state index is 0.0113. The molecule has 6 rings (SSSR count). The van der Waals surface area contributed by atoms with E-state index < -0.39 is 0 Å². The number of hydrogen-bond donors (Lipinski definition) is 0. The quantitative estimate of drug-likeness (QED) is 0.450. The lowest BCUT2D eigenvalue weighted by molar-refractivity contribution is 0.0535. The highest BCUT2D eigenvalue weighted by molar-refractivity contribution is 5.99. The van der Waals surface area contributed by atoms with Crippen molar-refractivity contribution in [3.63, 3.8) is 0 Å². The third-order valence-electron chi connectivity index (χ3n) is 6.96. The molecule has 35 heavy (non-hydrogen) atoms. The van der Waals surface area contributed by atoms with Crippen LogP contribution in [0, 0.1) is 6.92 Å². The third kappa shape index (κ3) is 4.18. The summed E-state index contributed by atoms with van der Waals surface area (Å²) in [6.07, 6.45) is 5.78. The van der Waals surface area contributed by atoms with Gasteiger partial charge in [-0.1, -0.05) is 36.4 Å². The van der Waals surface area contributed by atoms with Crippen LogP contribution in [0.15, 0.2) is 67.0 Å². The summed E-state index contributed by atoms with van der Waals surface area (Å²) < 4.78 is 1.89. The monoisotopic (exact) mass is 465 g/mol. The van der Waals surface area contributed by atoms with E-state index in [4.69, 9.17) is 4.98 Å². The van der Waals surface area contributed by atoms with Crippen molar-refractivity contribution in [2.45, 2.75) is 25.8 Å². The fourth-order valence-corrected chi connectivity index (χ4v) is 4.76. The van der Waals surface area contributed by atoms with E-state index in [9.17, 15) is 9.59 Å². The molecule has 0 unspecified atom stereocenters. The van der Waals surface area contributed by atoms with Crippen molar-refractivity contribution < 1.29 is 9.59 Å². The van der Waals surface area contributed by atoms with Crippen LogP contribution in [0.3, 0.4) is 0 Å². The lowest BCUT2D eigenvalue weighted by atomic mass is 10.0. The van der Waals surface area contributed by atoms with Gasteiger partial charge in [-0.3, -0.25) is 14.3 Å². The standard InChI is InChI=1S/C28H27N5O2/c1-19-15-25(20-5-3-2-4-6-20)30-26-16-21(7-10-24(19)26)27(34)31-11-13-32(14-12-31)28(35)22-17-29-33(18-22)23-8-9-23/h2-7,10,15-18,23H,8-9,11-14H2,1H3. The van der Waals surface area contributed by atoms with E-state index >= 15 is 0 Å². The summed E-state index contributed by atoms with van der Waals surface area (Å²) in [6.45, 7) is 4.12. The number of nitrogens with zero attached hydrogens (tertiary/aromatic N) is 5. The van der Waals surface area contributed by atoms with Gasteiger partial charge in [0.05, 0.1) is 29.0 Å². The normalized spacial score (nSPS) is 16.0. The van der Waals surface area contributed by atoms with Gasteiger partial charge >= 0.3 is 0 Å². The van der Waals surface area contributed by atoms with Gasteiger partial charge in [0.25, 0.3) is 11.8 Å². The lowest BCUT2D eigenvalue weighted by Crippen LogP contribution is -2.50. The van der Waals surface area contributed by atoms with Crippen molar-refractivity contribution >= 4 is 22.7 Å². The smallest absolute Gasteiger partial charge is 0.257 e. The van der Waals surface area contributed by atoms with Crippen LogP contribution in [0.5, 0.6) is 0 Å². The predicted octanol–water partition coefficient (Wildman–Crippen LogP) is 4.34. The maximum absolute atomic E-state index is 13.3. The Balaban J connectivity index is 1.17. The van der Waals surface area contributed by atoms with Crippen molar-refractivity contribution in [3.05, 3.63) is 83.7 Å². The number of hydrogen-bond acceptors (Lipinski definition) is 4. The van der Waals surface area contributed by atoms with E-state index in [0.29, 0.717) is 43.3 Å². The second-order valence-corrected chi connectivity index (χ2v) is 9.45. The SMILES string of the molecule is Cc1cc(-c2ccccc2)nc2cc(C(=O)N3CCN(C(=O)c4cnn(C5CC5)c4)CC3)ccc12. The zero-order chi connectivity index (χ0) is 23.9. The number of carbonyl (C=O) groups is 2. The number of piperazine rings is 1. The van der Waals surface area contributed by atoms with Gasteiger partial charge in [0.1, 0.15) is 0 Å². The minimum atomic E-state index is -0.0230. The lowest BCUT2D eigenvalue weighted by Gasteiger charge is -2.34. The fraction of sp³-hybridized carbons (Fsp3) is 0.286. The molecule has 1 saturated heterocycles. The number of aryl methyl sites for hydroxylation is 1. The Kier molecular flexibility index (Phi) is 5.32. The number of amides is 2. The van der Waals surface area contributed by atoms with Gasteiger partial charge in [-0.25, -0.2) is 4.98 Å². The van der Waals surface area contributed by atoms with Crippen LogP contribution in [-0.4, -0.2) is 62.6 Å². The summed E-state index contributed by atoms with van der Waals surface area (Å²) >= 11 is 0. The predicted molar refractivity (Wildman–Crippen MR) is 134 cm³/mol. The maximum Gasteiger partial charge on any atom is 0.257 e. The first-order valence-corrected chi connectivity index (χ1v) is 12.2. The van der Waals surface area contributed by atoms with Crippen LogP contribution in [0.1, 0.15) is 45.2 Å². The molecule has 0 N–H and O–H groups in total. The highest BCUT2D eigenvalue weighted by Gasteiger charge is 2.28. The number of carbonyl (C=O) groups excluding carboxylic acids is 2. The van der Waals surface area contributed by atoms with Crippen LogP contribution in [0.4, 0.5) is 0 Å². The van der Waals surface area contributed by atoms with E-state index in [0.717, 1.165) is 40.6 Å². The van der Waals surface area contributed by atoms with E-state index in [1.54, 1.807) is 6.20 Å². The van der Waals surface area contributed by atoms with Crippen molar-refractivity contribution in [1.29, 1.82) is 0 Å². The average Bonchev–Trinajstić information content (AvgIpc) is 3.64. The summed E-state index contributed by atoms with van der Waals surface area (Å²) in [5.74, 6) is -0.0343. The van der Waals surface area contributed by atoms with Gasteiger partial charge < -0.3 is 9.80 Å². The molecule has 2 aromatic heterocycles. The number of fused-ring (bicyclic) bond motifs is 1. The zero-order valence-corrected chi connectivity index (χ0v) is 19.7. The van der Waals surface area contributed by atoms with Crippen molar-refractivity contribution in [2.75, 3.05) is 26.2 Å². The number of benzene rings is 2. The van der Waals surface area contributed by atoms with E-state index in [2.05, 4.69) is 18.1 Å². The Morgan fingerprint density at radius 2 is 1.54 bits per heavy atom. The number of pyridine rings is 1. The summed E-state index contributed by atoms with van der Waals surface area (Å²) in [4.78, 5) is 34.7. The first-order chi connectivity index (χ1) is 17.1. The fourth-order valence-electron chi connectivity index (χ4n) is 4.76. The van der Waals surface area contributed by atoms with Crippen LogP contribution in [0.2, 0.25) is 0 Å². The Bertz CT molecular complexity index is 1420.